The van der Waals surface area contributed by atoms with Crippen LogP contribution in [0.2, 0.25) is 0 Å². The van der Waals surface area contributed by atoms with Crippen LogP contribution in [0, 0.1) is 0 Å². The molecule has 1 heterocycles. The number of aromatic nitrogens is 1. The number of rotatable bonds is 8. The standard InChI is InChI=1S/C14H25N3/c1-4-10-15-11-13-8-7-9-14(16-13)12-17(5-2)6-3/h7-9,15H,4-6,10-12H2,1-3H3. The molecule has 0 atom stereocenters. The maximum atomic E-state index is 4.68. The number of nitrogens with one attached hydrogen (secondary N) is 1. The summed E-state index contributed by atoms with van der Waals surface area (Å²) < 4.78 is 0. The summed E-state index contributed by atoms with van der Waals surface area (Å²) in [6.45, 7) is 11.6. The van der Waals surface area contributed by atoms with Crippen molar-refractivity contribution >= 4 is 0 Å². The second-order valence-corrected chi connectivity index (χ2v) is 4.26. The lowest BCUT2D eigenvalue weighted by atomic mass is 10.2. The molecule has 3 heteroatoms. The van der Waals surface area contributed by atoms with Crippen molar-refractivity contribution < 1.29 is 0 Å². The molecule has 0 saturated heterocycles. The van der Waals surface area contributed by atoms with Crippen molar-refractivity contribution in [3.8, 4) is 0 Å². The summed E-state index contributed by atoms with van der Waals surface area (Å²) in [6.07, 6.45) is 1.17. The van der Waals surface area contributed by atoms with Gasteiger partial charge >= 0.3 is 0 Å². The molecule has 1 aromatic rings. The molecular weight excluding hydrogens is 210 g/mol. The lowest BCUT2D eigenvalue weighted by molar-refractivity contribution is 0.292. The van der Waals surface area contributed by atoms with Gasteiger partial charge in [-0.05, 0) is 38.2 Å². The molecule has 0 bridgehead atoms. The highest BCUT2D eigenvalue weighted by atomic mass is 15.1. The van der Waals surface area contributed by atoms with Crippen LogP contribution in [0.3, 0.4) is 0 Å². The smallest absolute Gasteiger partial charge is 0.0547 e. The zero-order valence-electron chi connectivity index (χ0n) is 11.4. The summed E-state index contributed by atoms with van der Waals surface area (Å²) in [5.74, 6) is 0. The Bertz CT molecular complexity index is 308. The molecule has 1 aromatic heterocycles. The predicted molar refractivity (Wildman–Crippen MR) is 72.9 cm³/mol. The maximum Gasteiger partial charge on any atom is 0.0547 e. The lowest BCUT2D eigenvalue weighted by Crippen LogP contribution is -2.23. The van der Waals surface area contributed by atoms with Crippen LogP contribution >= 0.6 is 0 Å². The quantitative estimate of drug-likeness (QED) is 0.701. The van der Waals surface area contributed by atoms with Gasteiger partial charge in [-0.1, -0.05) is 26.8 Å². The normalized spacial score (nSPS) is 11.1. The van der Waals surface area contributed by atoms with Gasteiger partial charge in [-0.2, -0.15) is 0 Å². The predicted octanol–water partition coefficient (Wildman–Crippen LogP) is 2.42. The first-order valence-electron chi connectivity index (χ1n) is 6.68. The van der Waals surface area contributed by atoms with Gasteiger partial charge in [-0.25, -0.2) is 0 Å². The first-order valence-corrected chi connectivity index (χ1v) is 6.68. The van der Waals surface area contributed by atoms with Crippen LogP contribution in [0.25, 0.3) is 0 Å². The van der Waals surface area contributed by atoms with Gasteiger partial charge in [-0.15, -0.1) is 0 Å². The minimum Gasteiger partial charge on any atom is -0.311 e. The van der Waals surface area contributed by atoms with E-state index in [4.69, 9.17) is 0 Å². The Morgan fingerprint density at radius 3 is 2.47 bits per heavy atom. The Morgan fingerprint density at radius 1 is 1.12 bits per heavy atom. The van der Waals surface area contributed by atoms with E-state index in [-0.39, 0.29) is 0 Å². The van der Waals surface area contributed by atoms with Gasteiger partial charge in [0.2, 0.25) is 0 Å². The first kappa shape index (κ1) is 14.1. The molecule has 17 heavy (non-hydrogen) atoms. The van der Waals surface area contributed by atoms with E-state index < -0.39 is 0 Å². The topological polar surface area (TPSA) is 28.2 Å². The molecule has 3 nitrogen and oxygen atoms in total. The Kier molecular flexibility index (Phi) is 6.82. The van der Waals surface area contributed by atoms with Gasteiger partial charge in [0.15, 0.2) is 0 Å². The molecule has 0 amide bonds. The molecule has 0 aliphatic rings. The van der Waals surface area contributed by atoms with Crippen LogP contribution in [0.4, 0.5) is 0 Å². The average Bonchev–Trinajstić information content (AvgIpc) is 2.37. The van der Waals surface area contributed by atoms with Crippen LogP contribution in [0.5, 0.6) is 0 Å². The fourth-order valence-corrected chi connectivity index (χ4v) is 1.79. The molecule has 96 valence electrons. The fourth-order valence-electron chi connectivity index (χ4n) is 1.79. The van der Waals surface area contributed by atoms with Crippen LogP contribution in [-0.2, 0) is 13.1 Å². The molecule has 0 saturated carbocycles. The van der Waals surface area contributed by atoms with Crippen LogP contribution < -0.4 is 5.32 Å². The third kappa shape index (κ3) is 5.29. The number of hydrogen-bond donors (Lipinski definition) is 1. The zero-order chi connectivity index (χ0) is 12.5. The molecular formula is C14H25N3. The molecule has 0 unspecified atom stereocenters. The second-order valence-electron chi connectivity index (χ2n) is 4.26. The summed E-state index contributed by atoms with van der Waals surface area (Å²) in [7, 11) is 0. The molecule has 1 N–H and O–H groups in total. The summed E-state index contributed by atoms with van der Waals surface area (Å²) in [4.78, 5) is 7.06. The van der Waals surface area contributed by atoms with Crippen molar-refractivity contribution in [1.29, 1.82) is 0 Å². The van der Waals surface area contributed by atoms with Crippen LogP contribution in [-0.4, -0.2) is 29.5 Å². The van der Waals surface area contributed by atoms with Gasteiger partial charge in [0.25, 0.3) is 0 Å². The molecule has 0 aromatic carbocycles. The van der Waals surface area contributed by atoms with Crippen molar-refractivity contribution in [3.05, 3.63) is 29.6 Å². The molecule has 0 spiro atoms. The van der Waals surface area contributed by atoms with Crippen molar-refractivity contribution in [3.63, 3.8) is 0 Å². The molecule has 0 radical (unpaired) electrons. The summed E-state index contributed by atoms with van der Waals surface area (Å²) in [5, 5.41) is 3.38. The van der Waals surface area contributed by atoms with E-state index >= 15 is 0 Å². The minimum absolute atomic E-state index is 0.875. The highest BCUT2D eigenvalue weighted by Gasteiger charge is 2.03. The van der Waals surface area contributed by atoms with E-state index in [0.29, 0.717) is 0 Å². The third-order valence-electron chi connectivity index (χ3n) is 2.88. The number of nitrogens with zero attached hydrogens (tertiary/aromatic N) is 2. The number of pyridine rings is 1. The van der Waals surface area contributed by atoms with E-state index in [1.807, 2.05) is 0 Å². The van der Waals surface area contributed by atoms with Gasteiger partial charge in [0, 0.05) is 13.1 Å². The summed E-state index contributed by atoms with van der Waals surface area (Å²) >= 11 is 0. The first-order chi connectivity index (χ1) is 8.30. The SMILES string of the molecule is CCCNCc1cccc(CN(CC)CC)n1. The summed E-state index contributed by atoms with van der Waals surface area (Å²) in [6, 6.07) is 6.31. The average molecular weight is 235 g/mol. The van der Waals surface area contributed by atoms with Crippen LogP contribution in [0.15, 0.2) is 18.2 Å². The van der Waals surface area contributed by atoms with Crippen LogP contribution in [0.1, 0.15) is 38.6 Å². The molecule has 0 aliphatic heterocycles. The van der Waals surface area contributed by atoms with E-state index in [1.54, 1.807) is 0 Å². The second kappa shape index (κ2) is 8.20. The summed E-state index contributed by atoms with van der Waals surface area (Å²) in [5.41, 5.74) is 2.31. The highest BCUT2D eigenvalue weighted by Crippen LogP contribution is 2.03. The van der Waals surface area contributed by atoms with E-state index in [2.05, 4.69) is 54.2 Å². The Balaban J connectivity index is 2.52. The largest absolute Gasteiger partial charge is 0.311 e. The van der Waals surface area contributed by atoms with Crippen molar-refractivity contribution in [1.82, 2.24) is 15.2 Å². The monoisotopic (exact) mass is 235 g/mol. The zero-order valence-corrected chi connectivity index (χ0v) is 11.4. The van der Waals surface area contributed by atoms with Crippen molar-refractivity contribution in [2.24, 2.45) is 0 Å². The Morgan fingerprint density at radius 2 is 1.82 bits per heavy atom. The Hall–Kier alpha value is -0.930. The van der Waals surface area contributed by atoms with Gasteiger partial charge < -0.3 is 5.32 Å². The van der Waals surface area contributed by atoms with Gasteiger partial charge in [0.05, 0.1) is 11.4 Å². The molecule has 0 aliphatic carbocycles. The van der Waals surface area contributed by atoms with Crippen molar-refractivity contribution in [2.75, 3.05) is 19.6 Å². The van der Waals surface area contributed by atoms with E-state index in [1.165, 1.54) is 12.1 Å². The maximum absolute atomic E-state index is 4.68. The minimum atomic E-state index is 0.875. The van der Waals surface area contributed by atoms with E-state index in [9.17, 15) is 0 Å². The molecule has 1 rings (SSSR count). The van der Waals surface area contributed by atoms with Gasteiger partial charge in [-0.3, -0.25) is 9.88 Å². The van der Waals surface area contributed by atoms with Gasteiger partial charge in [0.1, 0.15) is 0 Å². The fraction of sp³-hybridized carbons (Fsp3) is 0.643. The highest BCUT2D eigenvalue weighted by molar-refractivity contribution is 5.11. The molecule has 0 fully saturated rings. The van der Waals surface area contributed by atoms with E-state index in [0.717, 1.165) is 38.4 Å². The Labute approximate surface area is 105 Å². The third-order valence-corrected chi connectivity index (χ3v) is 2.88. The lowest BCUT2D eigenvalue weighted by Gasteiger charge is -2.17. The van der Waals surface area contributed by atoms with Crippen molar-refractivity contribution in [2.45, 2.75) is 40.3 Å². The number of hydrogen-bond acceptors (Lipinski definition) is 3.